The third-order valence-corrected chi connectivity index (χ3v) is 4.03. The van der Waals surface area contributed by atoms with Gasteiger partial charge in [0.05, 0.1) is 5.41 Å². The molecule has 2 aliphatic rings. The van der Waals surface area contributed by atoms with Gasteiger partial charge in [0.2, 0.25) is 5.91 Å². The molecule has 1 fully saturated rings. The third kappa shape index (κ3) is 1.82. The molecule has 0 aromatic heterocycles. The monoisotopic (exact) mass is 207 g/mol. The minimum atomic E-state index is -0.225. The predicted octanol–water partition coefficient (Wildman–Crippen LogP) is 3.09. The molecule has 0 radical (unpaired) electrons. The van der Waals surface area contributed by atoms with Crippen LogP contribution in [0.5, 0.6) is 0 Å². The van der Waals surface area contributed by atoms with Crippen LogP contribution in [0.4, 0.5) is 0 Å². The molecular formula is C13H21NO. The van der Waals surface area contributed by atoms with Gasteiger partial charge in [-0.15, -0.1) is 0 Å². The van der Waals surface area contributed by atoms with Crippen molar-refractivity contribution in [2.24, 2.45) is 5.41 Å². The standard InChI is InChI=1S/C13H21NO/c1-3-13(2)9-10-14(12(13)15)11-7-5-4-6-8-11/h9-11H,3-8H2,1-2H3. The van der Waals surface area contributed by atoms with Crippen molar-refractivity contribution in [2.75, 3.05) is 0 Å². The lowest BCUT2D eigenvalue weighted by Gasteiger charge is -2.32. The Kier molecular flexibility index (Phi) is 2.85. The summed E-state index contributed by atoms with van der Waals surface area (Å²) in [6.07, 6.45) is 11.3. The Morgan fingerprint density at radius 2 is 2.07 bits per heavy atom. The summed E-state index contributed by atoms with van der Waals surface area (Å²) in [6, 6.07) is 0.482. The minimum Gasteiger partial charge on any atom is -0.316 e. The van der Waals surface area contributed by atoms with Crippen LogP contribution in [0.3, 0.4) is 0 Å². The fraction of sp³-hybridized carbons (Fsp3) is 0.769. The molecule has 1 saturated carbocycles. The summed E-state index contributed by atoms with van der Waals surface area (Å²) < 4.78 is 0. The first-order valence-electron chi connectivity index (χ1n) is 6.19. The van der Waals surface area contributed by atoms with Gasteiger partial charge in [0.25, 0.3) is 0 Å². The van der Waals surface area contributed by atoms with Crippen LogP contribution in [0.25, 0.3) is 0 Å². The molecule has 1 aliphatic heterocycles. The lowest BCUT2D eigenvalue weighted by Crippen LogP contribution is -2.40. The second-order valence-electron chi connectivity index (χ2n) is 5.09. The fourth-order valence-corrected chi connectivity index (χ4v) is 2.59. The van der Waals surface area contributed by atoms with Gasteiger partial charge in [-0.1, -0.05) is 32.3 Å². The van der Waals surface area contributed by atoms with Gasteiger partial charge < -0.3 is 4.90 Å². The molecule has 2 heteroatoms. The van der Waals surface area contributed by atoms with Gasteiger partial charge in [-0.25, -0.2) is 0 Å². The Morgan fingerprint density at radius 1 is 1.40 bits per heavy atom. The van der Waals surface area contributed by atoms with Crippen LogP contribution in [0.15, 0.2) is 12.3 Å². The molecule has 2 nitrogen and oxygen atoms in total. The van der Waals surface area contributed by atoms with Gasteiger partial charge in [0, 0.05) is 12.2 Å². The first-order chi connectivity index (χ1) is 7.17. The molecule has 0 aromatic carbocycles. The second-order valence-corrected chi connectivity index (χ2v) is 5.09. The van der Waals surface area contributed by atoms with Crippen molar-refractivity contribution in [1.29, 1.82) is 0 Å². The van der Waals surface area contributed by atoms with Gasteiger partial charge in [-0.2, -0.15) is 0 Å². The highest BCUT2D eigenvalue weighted by atomic mass is 16.2. The summed E-state index contributed by atoms with van der Waals surface area (Å²) in [5.74, 6) is 0.317. The smallest absolute Gasteiger partial charge is 0.236 e. The average Bonchev–Trinajstić information content (AvgIpc) is 2.58. The van der Waals surface area contributed by atoms with Crippen molar-refractivity contribution in [2.45, 2.75) is 58.4 Å². The quantitative estimate of drug-likeness (QED) is 0.681. The summed E-state index contributed by atoms with van der Waals surface area (Å²) in [4.78, 5) is 14.2. The summed E-state index contributed by atoms with van der Waals surface area (Å²) in [5.41, 5.74) is -0.225. The molecule has 1 aliphatic carbocycles. The normalized spacial score (nSPS) is 32.7. The number of rotatable bonds is 2. The van der Waals surface area contributed by atoms with Gasteiger partial charge >= 0.3 is 0 Å². The number of hydrogen-bond donors (Lipinski definition) is 0. The number of nitrogens with zero attached hydrogens (tertiary/aromatic N) is 1. The van der Waals surface area contributed by atoms with Gasteiger partial charge in [0.15, 0.2) is 0 Å². The minimum absolute atomic E-state index is 0.225. The highest BCUT2D eigenvalue weighted by Crippen LogP contribution is 2.35. The molecule has 1 amide bonds. The lowest BCUT2D eigenvalue weighted by molar-refractivity contribution is -0.136. The predicted molar refractivity (Wildman–Crippen MR) is 61.3 cm³/mol. The van der Waals surface area contributed by atoms with E-state index in [9.17, 15) is 4.79 Å². The van der Waals surface area contributed by atoms with Gasteiger partial charge in [-0.05, 0) is 26.2 Å². The second kappa shape index (κ2) is 3.99. The maximum absolute atomic E-state index is 12.2. The van der Waals surface area contributed by atoms with E-state index in [0.717, 1.165) is 6.42 Å². The van der Waals surface area contributed by atoms with Crippen LogP contribution >= 0.6 is 0 Å². The molecule has 1 unspecified atom stereocenters. The Morgan fingerprint density at radius 3 is 2.60 bits per heavy atom. The zero-order valence-corrected chi connectivity index (χ0v) is 9.83. The van der Waals surface area contributed by atoms with Crippen LogP contribution in [0.2, 0.25) is 0 Å². The van der Waals surface area contributed by atoms with E-state index in [0.29, 0.717) is 11.9 Å². The number of hydrogen-bond acceptors (Lipinski definition) is 1. The van der Waals surface area contributed by atoms with Crippen LogP contribution in [0.1, 0.15) is 52.4 Å². The highest BCUT2D eigenvalue weighted by molar-refractivity contribution is 5.88. The summed E-state index contributed by atoms with van der Waals surface area (Å²) in [6.45, 7) is 4.14. The maximum atomic E-state index is 12.2. The average molecular weight is 207 g/mol. The largest absolute Gasteiger partial charge is 0.316 e. The summed E-state index contributed by atoms with van der Waals surface area (Å²) >= 11 is 0. The van der Waals surface area contributed by atoms with Crippen LogP contribution in [-0.2, 0) is 4.79 Å². The van der Waals surface area contributed by atoms with E-state index < -0.39 is 0 Å². The molecule has 0 bridgehead atoms. The van der Waals surface area contributed by atoms with E-state index in [2.05, 4.69) is 19.9 Å². The zero-order valence-electron chi connectivity index (χ0n) is 9.83. The molecule has 0 saturated heterocycles. The number of carbonyl (C=O) groups excluding carboxylic acids is 1. The van der Waals surface area contributed by atoms with Crippen molar-refractivity contribution in [1.82, 2.24) is 4.90 Å². The van der Waals surface area contributed by atoms with E-state index in [1.807, 2.05) is 11.1 Å². The highest BCUT2D eigenvalue weighted by Gasteiger charge is 2.39. The summed E-state index contributed by atoms with van der Waals surface area (Å²) in [5, 5.41) is 0. The van der Waals surface area contributed by atoms with E-state index in [-0.39, 0.29) is 5.41 Å². The Bertz CT molecular complexity index is 278. The van der Waals surface area contributed by atoms with Crippen molar-refractivity contribution in [3.8, 4) is 0 Å². The van der Waals surface area contributed by atoms with Crippen molar-refractivity contribution < 1.29 is 4.79 Å². The zero-order chi connectivity index (χ0) is 10.9. The third-order valence-electron chi connectivity index (χ3n) is 4.03. The van der Waals surface area contributed by atoms with Crippen LogP contribution < -0.4 is 0 Å². The fourth-order valence-electron chi connectivity index (χ4n) is 2.59. The first-order valence-corrected chi connectivity index (χ1v) is 6.19. The number of carbonyl (C=O) groups is 1. The molecular weight excluding hydrogens is 186 g/mol. The molecule has 0 N–H and O–H groups in total. The Balaban J connectivity index is 2.07. The molecule has 1 atom stereocenters. The number of amides is 1. The Labute approximate surface area is 92.3 Å². The SMILES string of the molecule is CCC1(C)C=CN(C2CCCCC2)C1=O. The van der Waals surface area contributed by atoms with E-state index in [4.69, 9.17) is 0 Å². The molecule has 0 spiro atoms. The topological polar surface area (TPSA) is 20.3 Å². The van der Waals surface area contributed by atoms with Gasteiger partial charge in [-0.3, -0.25) is 4.79 Å². The summed E-state index contributed by atoms with van der Waals surface area (Å²) in [7, 11) is 0. The van der Waals surface area contributed by atoms with Crippen molar-refractivity contribution in [3.05, 3.63) is 12.3 Å². The molecule has 84 valence electrons. The van der Waals surface area contributed by atoms with Crippen molar-refractivity contribution in [3.63, 3.8) is 0 Å². The van der Waals surface area contributed by atoms with E-state index in [1.54, 1.807) is 0 Å². The van der Waals surface area contributed by atoms with E-state index >= 15 is 0 Å². The van der Waals surface area contributed by atoms with Crippen molar-refractivity contribution >= 4 is 5.91 Å². The molecule has 2 rings (SSSR count). The molecule has 0 aromatic rings. The first kappa shape index (κ1) is 10.7. The van der Waals surface area contributed by atoms with Gasteiger partial charge in [0.1, 0.15) is 0 Å². The van der Waals surface area contributed by atoms with Crippen LogP contribution in [0, 0.1) is 5.41 Å². The van der Waals surface area contributed by atoms with E-state index in [1.165, 1.54) is 32.1 Å². The molecule has 15 heavy (non-hydrogen) atoms. The molecule has 1 heterocycles. The Hall–Kier alpha value is -0.790. The van der Waals surface area contributed by atoms with Crippen LogP contribution in [-0.4, -0.2) is 16.8 Å². The lowest BCUT2D eigenvalue weighted by atomic mass is 9.87. The maximum Gasteiger partial charge on any atom is 0.236 e.